The lowest BCUT2D eigenvalue weighted by Crippen LogP contribution is -2.40. The molecule has 0 saturated carbocycles. The van der Waals surface area contributed by atoms with E-state index in [9.17, 15) is 4.79 Å². The van der Waals surface area contributed by atoms with Crippen LogP contribution in [0.5, 0.6) is 0 Å². The van der Waals surface area contributed by atoms with Gasteiger partial charge in [-0.25, -0.2) is 0 Å². The molecule has 1 amide bonds. The van der Waals surface area contributed by atoms with E-state index in [2.05, 4.69) is 11.6 Å². The zero-order valence-electron chi connectivity index (χ0n) is 8.51. The van der Waals surface area contributed by atoms with Crippen molar-refractivity contribution in [1.29, 1.82) is 0 Å². The standard InChI is InChI=1S/C9H20N2OS/c1-3-8(10)9(12)11-6-4-5-7-13-2/h8H,3-7,10H2,1-2H3,(H,11,12). The molecule has 0 fully saturated rings. The summed E-state index contributed by atoms with van der Waals surface area (Å²) in [6.45, 7) is 2.67. The molecule has 0 aromatic rings. The second kappa shape index (κ2) is 8.38. The van der Waals surface area contributed by atoms with Gasteiger partial charge in [0.1, 0.15) is 0 Å². The summed E-state index contributed by atoms with van der Waals surface area (Å²) >= 11 is 1.83. The molecule has 0 rings (SSSR count). The third-order valence-corrected chi connectivity index (χ3v) is 2.55. The van der Waals surface area contributed by atoms with E-state index < -0.39 is 0 Å². The van der Waals surface area contributed by atoms with Gasteiger partial charge in [-0.1, -0.05) is 6.92 Å². The summed E-state index contributed by atoms with van der Waals surface area (Å²) < 4.78 is 0. The van der Waals surface area contributed by atoms with Crippen molar-refractivity contribution in [2.45, 2.75) is 32.2 Å². The molecular formula is C9H20N2OS. The molecular weight excluding hydrogens is 184 g/mol. The highest BCUT2D eigenvalue weighted by Crippen LogP contribution is 1.97. The lowest BCUT2D eigenvalue weighted by molar-refractivity contribution is -0.122. The second-order valence-electron chi connectivity index (χ2n) is 3.01. The SMILES string of the molecule is CCC(N)C(=O)NCCCCSC. The van der Waals surface area contributed by atoms with E-state index in [1.54, 1.807) is 0 Å². The third kappa shape index (κ3) is 6.90. The maximum Gasteiger partial charge on any atom is 0.236 e. The number of unbranched alkanes of at least 4 members (excludes halogenated alkanes) is 1. The molecule has 0 aliphatic rings. The molecule has 0 aromatic heterocycles. The van der Waals surface area contributed by atoms with Crippen LogP contribution in [0.25, 0.3) is 0 Å². The molecule has 3 N–H and O–H groups in total. The Bertz CT molecular complexity index is 142. The number of nitrogens with two attached hydrogens (primary N) is 1. The van der Waals surface area contributed by atoms with Gasteiger partial charge in [-0.3, -0.25) is 4.79 Å². The maximum absolute atomic E-state index is 11.2. The lowest BCUT2D eigenvalue weighted by atomic mass is 10.2. The quantitative estimate of drug-likeness (QED) is 0.608. The lowest BCUT2D eigenvalue weighted by Gasteiger charge is -2.09. The van der Waals surface area contributed by atoms with E-state index in [1.807, 2.05) is 18.7 Å². The summed E-state index contributed by atoms with van der Waals surface area (Å²) in [6, 6.07) is -0.333. The molecule has 4 heteroatoms. The fraction of sp³-hybridized carbons (Fsp3) is 0.889. The summed E-state index contributed by atoms with van der Waals surface area (Å²) in [7, 11) is 0. The smallest absolute Gasteiger partial charge is 0.236 e. The molecule has 0 aliphatic carbocycles. The summed E-state index contributed by atoms with van der Waals surface area (Å²) in [5.41, 5.74) is 5.54. The first-order valence-electron chi connectivity index (χ1n) is 4.74. The molecule has 78 valence electrons. The molecule has 0 saturated heterocycles. The van der Waals surface area contributed by atoms with E-state index in [0.717, 1.165) is 25.1 Å². The summed E-state index contributed by atoms with van der Waals surface area (Å²) in [4.78, 5) is 11.2. The van der Waals surface area contributed by atoms with Gasteiger partial charge in [0, 0.05) is 6.54 Å². The molecule has 0 aromatic carbocycles. The Labute approximate surface area is 84.8 Å². The van der Waals surface area contributed by atoms with Crippen molar-refractivity contribution in [1.82, 2.24) is 5.32 Å². The molecule has 0 radical (unpaired) electrons. The highest BCUT2D eigenvalue weighted by Gasteiger charge is 2.08. The van der Waals surface area contributed by atoms with Crippen LogP contribution in [0.4, 0.5) is 0 Å². The fourth-order valence-corrected chi connectivity index (χ4v) is 1.39. The highest BCUT2D eigenvalue weighted by molar-refractivity contribution is 7.98. The molecule has 1 unspecified atom stereocenters. The van der Waals surface area contributed by atoms with Crippen LogP contribution < -0.4 is 11.1 Å². The average molecular weight is 204 g/mol. The van der Waals surface area contributed by atoms with E-state index in [-0.39, 0.29) is 11.9 Å². The zero-order chi connectivity index (χ0) is 10.1. The molecule has 0 heterocycles. The Balaban J connectivity index is 3.27. The number of rotatable bonds is 7. The van der Waals surface area contributed by atoms with Gasteiger partial charge in [-0.05, 0) is 31.3 Å². The minimum Gasteiger partial charge on any atom is -0.355 e. The molecule has 0 aliphatic heterocycles. The van der Waals surface area contributed by atoms with Gasteiger partial charge in [0.25, 0.3) is 0 Å². The van der Waals surface area contributed by atoms with Gasteiger partial charge in [-0.15, -0.1) is 0 Å². The normalized spacial score (nSPS) is 12.5. The van der Waals surface area contributed by atoms with Crippen molar-refractivity contribution < 1.29 is 4.79 Å². The number of amides is 1. The van der Waals surface area contributed by atoms with Crippen LogP contribution in [0.3, 0.4) is 0 Å². The van der Waals surface area contributed by atoms with Gasteiger partial charge < -0.3 is 11.1 Å². The largest absolute Gasteiger partial charge is 0.355 e. The van der Waals surface area contributed by atoms with Crippen molar-refractivity contribution >= 4 is 17.7 Å². The highest BCUT2D eigenvalue weighted by atomic mass is 32.2. The van der Waals surface area contributed by atoms with Gasteiger partial charge in [0.05, 0.1) is 6.04 Å². The first-order valence-corrected chi connectivity index (χ1v) is 6.14. The van der Waals surface area contributed by atoms with Crippen molar-refractivity contribution in [3.05, 3.63) is 0 Å². The van der Waals surface area contributed by atoms with Crippen molar-refractivity contribution in [3.8, 4) is 0 Å². The van der Waals surface area contributed by atoms with Crippen LogP contribution in [0.2, 0.25) is 0 Å². The average Bonchev–Trinajstić information content (AvgIpc) is 2.16. The summed E-state index contributed by atoms with van der Waals surface area (Å²) in [5, 5.41) is 2.82. The Kier molecular flexibility index (Phi) is 8.24. The Morgan fingerprint density at radius 2 is 2.23 bits per heavy atom. The Morgan fingerprint density at radius 3 is 2.77 bits per heavy atom. The van der Waals surface area contributed by atoms with Gasteiger partial charge in [0.15, 0.2) is 0 Å². The zero-order valence-corrected chi connectivity index (χ0v) is 9.32. The number of thioether (sulfide) groups is 1. The van der Waals surface area contributed by atoms with E-state index in [1.165, 1.54) is 0 Å². The Hall–Kier alpha value is -0.220. The van der Waals surface area contributed by atoms with Crippen molar-refractivity contribution in [3.63, 3.8) is 0 Å². The number of nitrogens with one attached hydrogen (secondary N) is 1. The molecule has 0 bridgehead atoms. The van der Waals surface area contributed by atoms with Crippen LogP contribution in [0.15, 0.2) is 0 Å². The third-order valence-electron chi connectivity index (χ3n) is 1.85. The number of carbonyl (C=O) groups excluding carboxylic acids is 1. The summed E-state index contributed by atoms with van der Waals surface area (Å²) in [5.74, 6) is 1.14. The predicted octanol–water partition coefficient (Wildman–Crippen LogP) is 0.983. The van der Waals surface area contributed by atoms with E-state index in [0.29, 0.717) is 6.42 Å². The van der Waals surface area contributed by atoms with Gasteiger partial charge in [-0.2, -0.15) is 11.8 Å². The van der Waals surface area contributed by atoms with E-state index in [4.69, 9.17) is 5.73 Å². The molecule has 0 spiro atoms. The number of hydrogen-bond acceptors (Lipinski definition) is 3. The maximum atomic E-state index is 11.2. The minimum absolute atomic E-state index is 0.0216. The van der Waals surface area contributed by atoms with Crippen molar-refractivity contribution in [2.75, 3.05) is 18.6 Å². The Morgan fingerprint density at radius 1 is 1.54 bits per heavy atom. The molecule has 13 heavy (non-hydrogen) atoms. The van der Waals surface area contributed by atoms with Gasteiger partial charge >= 0.3 is 0 Å². The van der Waals surface area contributed by atoms with Crippen LogP contribution in [-0.2, 0) is 4.79 Å². The van der Waals surface area contributed by atoms with Crippen LogP contribution in [0, 0.1) is 0 Å². The monoisotopic (exact) mass is 204 g/mol. The topological polar surface area (TPSA) is 55.1 Å². The second-order valence-corrected chi connectivity index (χ2v) is 3.99. The minimum atomic E-state index is -0.333. The van der Waals surface area contributed by atoms with Crippen molar-refractivity contribution in [2.24, 2.45) is 5.73 Å². The molecule has 1 atom stereocenters. The summed E-state index contributed by atoms with van der Waals surface area (Å²) in [6.07, 6.45) is 4.99. The van der Waals surface area contributed by atoms with Crippen LogP contribution in [0.1, 0.15) is 26.2 Å². The van der Waals surface area contributed by atoms with Gasteiger partial charge in [0.2, 0.25) is 5.91 Å². The van der Waals surface area contributed by atoms with E-state index >= 15 is 0 Å². The number of hydrogen-bond donors (Lipinski definition) is 2. The molecule has 3 nitrogen and oxygen atoms in total. The fourth-order valence-electron chi connectivity index (χ4n) is 0.899. The van der Waals surface area contributed by atoms with Crippen LogP contribution in [-0.4, -0.2) is 30.5 Å². The van der Waals surface area contributed by atoms with Crippen LogP contribution >= 0.6 is 11.8 Å². The first kappa shape index (κ1) is 12.8. The number of carbonyl (C=O) groups is 1. The predicted molar refractivity (Wildman–Crippen MR) is 58.9 cm³/mol. The first-order chi connectivity index (χ1) is 6.22.